The van der Waals surface area contributed by atoms with Gasteiger partial charge in [0.2, 0.25) is 11.8 Å². The molecule has 0 aliphatic carbocycles. The number of amides is 2. The average Bonchev–Trinajstić information content (AvgIpc) is 2.55. The second-order valence-corrected chi connectivity index (χ2v) is 6.44. The van der Waals surface area contributed by atoms with Crippen molar-refractivity contribution in [3.8, 4) is 0 Å². The molecule has 0 fully saturated rings. The van der Waals surface area contributed by atoms with E-state index in [4.69, 9.17) is 0 Å². The van der Waals surface area contributed by atoms with Crippen molar-refractivity contribution in [3.63, 3.8) is 0 Å². The van der Waals surface area contributed by atoms with Crippen molar-refractivity contribution < 1.29 is 9.59 Å². The zero-order chi connectivity index (χ0) is 17.4. The van der Waals surface area contributed by atoms with Gasteiger partial charge < -0.3 is 10.6 Å². The monoisotopic (exact) mass is 343 g/mol. The number of anilines is 1. The third kappa shape index (κ3) is 6.04. The molecule has 1 heterocycles. The van der Waals surface area contributed by atoms with Crippen LogP contribution < -0.4 is 10.6 Å². The maximum atomic E-state index is 11.9. The molecule has 2 amide bonds. The number of rotatable bonds is 7. The molecule has 0 bridgehead atoms. The number of aromatic nitrogens is 1. The number of aryl methyl sites for hydroxylation is 1. The third-order valence-electron chi connectivity index (χ3n) is 3.28. The summed E-state index contributed by atoms with van der Waals surface area (Å²) in [6, 6.07) is 13.0. The zero-order valence-electron chi connectivity index (χ0n) is 13.8. The Hall–Kier alpha value is -2.34. The highest BCUT2D eigenvalue weighted by atomic mass is 32.2. The van der Waals surface area contributed by atoms with Crippen LogP contribution in [0.4, 0.5) is 5.69 Å². The van der Waals surface area contributed by atoms with Crippen LogP contribution in [0.15, 0.2) is 48.7 Å². The first-order chi connectivity index (χ1) is 11.5. The van der Waals surface area contributed by atoms with Gasteiger partial charge in [-0.05, 0) is 43.7 Å². The molecule has 0 spiro atoms. The highest BCUT2D eigenvalue weighted by Gasteiger charge is 2.11. The Labute approximate surface area is 146 Å². The quantitative estimate of drug-likeness (QED) is 0.811. The van der Waals surface area contributed by atoms with E-state index in [1.807, 2.05) is 56.3 Å². The van der Waals surface area contributed by atoms with Gasteiger partial charge in [0, 0.05) is 11.9 Å². The van der Waals surface area contributed by atoms with Gasteiger partial charge in [-0.2, -0.15) is 0 Å². The van der Waals surface area contributed by atoms with Gasteiger partial charge in [-0.15, -0.1) is 11.8 Å². The summed E-state index contributed by atoms with van der Waals surface area (Å²) in [5.41, 5.74) is 2.67. The fourth-order valence-corrected chi connectivity index (χ4v) is 2.77. The SMILES string of the molecule is Cc1cccc(NC(=O)CSCC(=O)NC(C)c2ccccn2)c1. The Balaban J connectivity index is 1.69. The molecule has 0 radical (unpaired) electrons. The molecular weight excluding hydrogens is 322 g/mol. The van der Waals surface area contributed by atoms with E-state index >= 15 is 0 Å². The van der Waals surface area contributed by atoms with Gasteiger partial charge in [0.05, 0.1) is 23.2 Å². The lowest BCUT2D eigenvalue weighted by Crippen LogP contribution is -2.29. The van der Waals surface area contributed by atoms with E-state index in [1.54, 1.807) is 6.20 Å². The van der Waals surface area contributed by atoms with Crippen LogP contribution in [-0.4, -0.2) is 28.3 Å². The summed E-state index contributed by atoms with van der Waals surface area (Å²) in [6.07, 6.45) is 1.70. The van der Waals surface area contributed by atoms with E-state index in [2.05, 4.69) is 15.6 Å². The first-order valence-electron chi connectivity index (χ1n) is 7.69. The Morgan fingerprint density at radius 1 is 1.12 bits per heavy atom. The molecule has 126 valence electrons. The van der Waals surface area contributed by atoms with E-state index in [0.29, 0.717) is 0 Å². The molecule has 0 aliphatic rings. The summed E-state index contributed by atoms with van der Waals surface area (Å²) in [4.78, 5) is 28.0. The molecule has 24 heavy (non-hydrogen) atoms. The minimum atomic E-state index is -0.152. The number of nitrogens with zero attached hydrogens (tertiary/aromatic N) is 1. The lowest BCUT2D eigenvalue weighted by molar-refractivity contribution is -0.119. The number of hydrogen-bond donors (Lipinski definition) is 2. The first kappa shape index (κ1) is 18.0. The number of hydrogen-bond acceptors (Lipinski definition) is 4. The standard InChI is InChI=1S/C18H21N3O2S/c1-13-6-5-7-15(10-13)21-18(23)12-24-11-17(22)20-14(2)16-8-3-4-9-19-16/h3-10,14H,11-12H2,1-2H3,(H,20,22)(H,21,23). The number of carbonyl (C=O) groups excluding carboxylic acids is 2. The van der Waals surface area contributed by atoms with Gasteiger partial charge >= 0.3 is 0 Å². The number of nitrogens with one attached hydrogen (secondary N) is 2. The second kappa shape index (κ2) is 9.08. The van der Waals surface area contributed by atoms with E-state index in [9.17, 15) is 9.59 Å². The molecule has 6 heteroatoms. The number of carbonyl (C=O) groups is 2. The third-order valence-corrected chi connectivity index (χ3v) is 4.21. The van der Waals surface area contributed by atoms with E-state index < -0.39 is 0 Å². The Kier molecular flexibility index (Phi) is 6.81. The Bertz CT molecular complexity index is 692. The molecule has 0 aliphatic heterocycles. The first-order valence-corrected chi connectivity index (χ1v) is 8.84. The molecule has 1 aromatic heterocycles. The molecule has 1 unspecified atom stereocenters. The fraction of sp³-hybridized carbons (Fsp3) is 0.278. The maximum Gasteiger partial charge on any atom is 0.234 e. The predicted molar refractivity (Wildman–Crippen MR) is 97.9 cm³/mol. The van der Waals surface area contributed by atoms with Gasteiger partial charge in [-0.25, -0.2) is 0 Å². The minimum absolute atomic E-state index is 0.110. The molecular formula is C18H21N3O2S. The second-order valence-electron chi connectivity index (χ2n) is 5.45. The van der Waals surface area contributed by atoms with Crippen molar-refractivity contribution in [1.82, 2.24) is 10.3 Å². The molecule has 1 atom stereocenters. The van der Waals surface area contributed by atoms with Crippen LogP contribution in [0.25, 0.3) is 0 Å². The van der Waals surface area contributed by atoms with Crippen molar-refractivity contribution in [2.75, 3.05) is 16.8 Å². The van der Waals surface area contributed by atoms with E-state index in [1.165, 1.54) is 11.8 Å². The lowest BCUT2D eigenvalue weighted by Gasteiger charge is -2.13. The van der Waals surface area contributed by atoms with Crippen LogP contribution in [0.2, 0.25) is 0 Å². The Morgan fingerprint density at radius 3 is 2.62 bits per heavy atom. The molecule has 1 aromatic carbocycles. The highest BCUT2D eigenvalue weighted by molar-refractivity contribution is 8.00. The lowest BCUT2D eigenvalue weighted by atomic mass is 10.2. The Morgan fingerprint density at radius 2 is 1.92 bits per heavy atom. The van der Waals surface area contributed by atoms with Gasteiger partial charge in [0.15, 0.2) is 0 Å². The smallest absolute Gasteiger partial charge is 0.234 e. The van der Waals surface area contributed by atoms with Crippen LogP contribution in [-0.2, 0) is 9.59 Å². The van der Waals surface area contributed by atoms with Gasteiger partial charge in [0.1, 0.15) is 0 Å². The number of thioether (sulfide) groups is 1. The van der Waals surface area contributed by atoms with Crippen molar-refractivity contribution in [2.45, 2.75) is 19.9 Å². The van der Waals surface area contributed by atoms with Crippen LogP contribution in [0.1, 0.15) is 24.2 Å². The van der Waals surface area contributed by atoms with Crippen LogP contribution in [0.3, 0.4) is 0 Å². The van der Waals surface area contributed by atoms with Crippen molar-refractivity contribution in [3.05, 3.63) is 59.9 Å². The molecule has 2 rings (SSSR count). The topological polar surface area (TPSA) is 71.1 Å². The summed E-state index contributed by atoms with van der Waals surface area (Å²) < 4.78 is 0. The minimum Gasteiger partial charge on any atom is -0.347 e. The van der Waals surface area contributed by atoms with Gasteiger partial charge in [-0.3, -0.25) is 14.6 Å². The van der Waals surface area contributed by atoms with Crippen LogP contribution in [0.5, 0.6) is 0 Å². The predicted octanol–water partition coefficient (Wildman–Crippen LogP) is 2.94. The molecule has 2 aromatic rings. The maximum absolute atomic E-state index is 11.9. The molecule has 0 saturated carbocycles. The molecule has 2 N–H and O–H groups in total. The van der Waals surface area contributed by atoms with Gasteiger partial charge in [-0.1, -0.05) is 18.2 Å². The van der Waals surface area contributed by atoms with Crippen molar-refractivity contribution in [2.24, 2.45) is 0 Å². The number of benzene rings is 1. The zero-order valence-corrected chi connectivity index (χ0v) is 14.6. The van der Waals surface area contributed by atoms with E-state index in [0.717, 1.165) is 16.9 Å². The molecule has 0 saturated heterocycles. The van der Waals surface area contributed by atoms with Crippen molar-refractivity contribution >= 4 is 29.3 Å². The summed E-state index contributed by atoms with van der Waals surface area (Å²) in [6.45, 7) is 3.85. The van der Waals surface area contributed by atoms with Crippen LogP contribution >= 0.6 is 11.8 Å². The van der Waals surface area contributed by atoms with E-state index in [-0.39, 0.29) is 29.4 Å². The number of pyridine rings is 1. The highest BCUT2D eigenvalue weighted by Crippen LogP contribution is 2.11. The van der Waals surface area contributed by atoms with Crippen molar-refractivity contribution in [1.29, 1.82) is 0 Å². The normalized spacial score (nSPS) is 11.6. The summed E-state index contributed by atoms with van der Waals surface area (Å²) in [7, 11) is 0. The summed E-state index contributed by atoms with van der Waals surface area (Å²) in [5.74, 6) is 0.246. The van der Waals surface area contributed by atoms with Gasteiger partial charge in [0.25, 0.3) is 0 Å². The summed E-state index contributed by atoms with van der Waals surface area (Å²) in [5, 5.41) is 5.69. The largest absolute Gasteiger partial charge is 0.347 e. The average molecular weight is 343 g/mol. The molecule has 5 nitrogen and oxygen atoms in total. The summed E-state index contributed by atoms with van der Waals surface area (Å²) >= 11 is 1.29. The fourth-order valence-electron chi connectivity index (χ4n) is 2.15. The van der Waals surface area contributed by atoms with Crippen LogP contribution in [0, 0.1) is 6.92 Å².